The van der Waals surface area contributed by atoms with Crippen LogP contribution in [0, 0.1) is 0 Å². The molecule has 0 spiro atoms. The number of nitrogens with zero attached hydrogens (tertiary/aromatic N) is 3. The molecule has 0 aliphatic heterocycles. The summed E-state index contributed by atoms with van der Waals surface area (Å²) in [6.45, 7) is 0. The maximum Gasteiger partial charge on any atom is 0.264 e. The Hall–Kier alpha value is -2.25. The zero-order chi connectivity index (χ0) is 14.9. The fourth-order valence-corrected chi connectivity index (χ4v) is 3.31. The van der Waals surface area contributed by atoms with Crippen molar-refractivity contribution < 1.29 is 8.42 Å². The molecule has 0 radical (unpaired) electrons. The summed E-state index contributed by atoms with van der Waals surface area (Å²) in [4.78, 5) is 11.9. The number of sulfonamides is 1. The lowest BCUT2D eigenvalue weighted by atomic mass is 10.3. The van der Waals surface area contributed by atoms with Crippen LogP contribution in [0.15, 0.2) is 53.8 Å². The fraction of sp³-hybridized carbons (Fsp3) is 0. The number of fused-ring (bicyclic) bond motifs is 1. The van der Waals surface area contributed by atoms with Gasteiger partial charge in [0.15, 0.2) is 0 Å². The van der Waals surface area contributed by atoms with Gasteiger partial charge in [-0.25, -0.2) is 13.4 Å². The van der Waals surface area contributed by atoms with Crippen LogP contribution in [0.3, 0.4) is 0 Å². The van der Waals surface area contributed by atoms with Gasteiger partial charge in [-0.3, -0.25) is 14.7 Å². The van der Waals surface area contributed by atoms with Crippen molar-refractivity contribution in [3.05, 3.63) is 54.1 Å². The summed E-state index contributed by atoms with van der Waals surface area (Å²) in [6, 6.07) is 7.79. The second-order valence-electron chi connectivity index (χ2n) is 4.16. The van der Waals surface area contributed by atoms with E-state index in [-0.39, 0.29) is 10.0 Å². The Kier molecular flexibility index (Phi) is 3.44. The van der Waals surface area contributed by atoms with E-state index in [2.05, 4.69) is 19.7 Å². The van der Waals surface area contributed by atoms with Crippen LogP contribution >= 0.6 is 11.6 Å². The van der Waals surface area contributed by atoms with Crippen molar-refractivity contribution in [3.63, 3.8) is 0 Å². The number of nitrogens with one attached hydrogen (secondary N) is 1. The molecule has 0 unspecified atom stereocenters. The number of pyridine rings is 1. The van der Waals surface area contributed by atoms with E-state index < -0.39 is 10.0 Å². The molecule has 8 heteroatoms. The van der Waals surface area contributed by atoms with E-state index in [0.29, 0.717) is 16.7 Å². The van der Waals surface area contributed by atoms with E-state index in [1.807, 2.05) is 0 Å². The van der Waals surface area contributed by atoms with E-state index in [4.69, 9.17) is 11.6 Å². The van der Waals surface area contributed by atoms with Gasteiger partial charge in [-0.15, -0.1) is 0 Å². The van der Waals surface area contributed by atoms with Gasteiger partial charge in [-0.2, -0.15) is 0 Å². The summed E-state index contributed by atoms with van der Waals surface area (Å²) in [5, 5.41) is -0.0782. The predicted octanol–water partition coefficient (Wildman–Crippen LogP) is 2.48. The lowest BCUT2D eigenvalue weighted by molar-refractivity contribution is 0.601. The molecule has 3 aromatic rings. The lowest BCUT2D eigenvalue weighted by Gasteiger charge is -2.09. The Morgan fingerprint density at radius 3 is 2.48 bits per heavy atom. The minimum atomic E-state index is -3.81. The van der Waals surface area contributed by atoms with E-state index >= 15 is 0 Å². The second-order valence-corrected chi connectivity index (χ2v) is 6.17. The molecule has 0 fully saturated rings. The number of hydrogen-bond acceptors (Lipinski definition) is 5. The van der Waals surface area contributed by atoms with Crippen LogP contribution < -0.4 is 4.72 Å². The van der Waals surface area contributed by atoms with Crippen LogP contribution in [-0.2, 0) is 10.0 Å². The third-order valence-corrected chi connectivity index (χ3v) is 4.56. The molecule has 21 heavy (non-hydrogen) atoms. The van der Waals surface area contributed by atoms with Gasteiger partial charge in [0.25, 0.3) is 10.0 Å². The van der Waals surface area contributed by atoms with Crippen LogP contribution in [0.2, 0.25) is 5.15 Å². The number of anilines is 1. The van der Waals surface area contributed by atoms with E-state index in [1.165, 1.54) is 18.3 Å². The number of hydrogen-bond donors (Lipinski definition) is 1. The van der Waals surface area contributed by atoms with Crippen molar-refractivity contribution >= 4 is 38.3 Å². The smallest absolute Gasteiger partial charge is 0.264 e. The molecule has 1 aromatic carbocycles. The summed E-state index contributed by atoms with van der Waals surface area (Å²) >= 11 is 5.82. The molecule has 0 atom stereocenters. The van der Waals surface area contributed by atoms with Gasteiger partial charge in [0.05, 0.1) is 16.7 Å². The molecular weight excluding hydrogens is 312 g/mol. The fourth-order valence-electron chi connectivity index (χ4n) is 1.81. The Morgan fingerprint density at radius 1 is 0.952 bits per heavy atom. The minimum Gasteiger partial charge on any atom is -0.279 e. The van der Waals surface area contributed by atoms with Gasteiger partial charge in [0.1, 0.15) is 10.0 Å². The van der Waals surface area contributed by atoms with Gasteiger partial charge in [-0.05, 0) is 30.3 Å². The Morgan fingerprint density at radius 2 is 1.71 bits per heavy atom. The molecule has 0 saturated carbocycles. The van der Waals surface area contributed by atoms with Crippen molar-refractivity contribution in [3.8, 4) is 0 Å². The molecule has 2 aromatic heterocycles. The molecule has 1 N–H and O–H groups in total. The van der Waals surface area contributed by atoms with Crippen molar-refractivity contribution in [2.45, 2.75) is 4.90 Å². The average molecular weight is 321 g/mol. The zero-order valence-corrected chi connectivity index (χ0v) is 12.1. The topological polar surface area (TPSA) is 84.8 Å². The maximum absolute atomic E-state index is 12.3. The van der Waals surface area contributed by atoms with Gasteiger partial charge in [0.2, 0.25) is 0 Å². The van der Waals surface area contributed by atoms with Gasteiger partial charge in [0, 0.05) is 18.6 Å². The standard InChI is InChI=1S/C13H9ClN4O2S/c14-13-12(2-1-5-17-13)21(19,20)18-9-3-4-10-11(8-9)16-7-6-15-10/h1-8,18H. The molecular formula is C13H9ClN4O2S. The molecule has 2 heterocycles. The van der Waals surface area contributed by atoms with Gasteiger partial charge >= 0.3 is 0 Å². The van der Waals surface area contributed by atoms with Crippen LogP contribution in [0.25, 0.3) is 11.0 Å². The first-order valence-electron chi connectivity index (χ1n) is 5.90. The Labute approximate surface area is 125 Å². The first-order valence-corrected chi connectivity index (χ1v) is 7.76. The molecule has 0 saturated heterocycles. The summed E-state index contributed by atoms with van der Waals surface area (Å²) in [7, 11) is -3.81. The van der Waals surface area contributed by atoms with E-state index in [0.717, 1.165) is 0 Å². The molecule has 0 aliphatic rings. The normalized spacial score (nSPS) is 11.5. The van der Waals surface area contributed by atoms with Crippen LogP contribution in [0.5, 0.6) is 0 Å². The van der Waals surface area contributed by atoms with Crippen molar-refractivity contribution in [2.24, 2.45) is 0 Å². The predicted molar refractivity (Wildman–Crippen MR) is 79.6 cm³/mol. The molecule has 3 rings (SSSR count). The van der Waals surface area contributed by atoms with Crippen molar-refractivity contribution in [1.29, 1.82) is 0 Å². The zero-order valence-electron chi connectivity index (χ0n) is 10.6. The number of aromatic nitrogens is 3. The number of benzene rings is 1. The summed E-state index contributed by atoms with van der Waals surface area (Å²) in [5.41, 5.74) is 1.65. The highest BCUT2D eigenvalue weighted by Gasteiger charge is 2.18. The van der Waals surface area contributed by atoms with E-state index in [9.17, 15) is 8.42 Å². The van der Waals surface area contributed by atoms with Crippen molar-refractivity contribution in [1.82, 2.24) is 15.0 Å². The molecule has 6 nitrogen and oxygen atoms in total. The molecule has 0 amide bonds. The highest BCUT2D eigenvalue weighted by atomic mass is 35.5. The summed E-state index contributed by atoms with van der Waals surface area (Å²) in [5.74, 6) is 0. The number of halogens is 1. The SMILES string of the molecule is O=S(=O)(Nc1ccc2nccnc2c1)c1cccnc1Cl. The third kappa shape index (κ3) is 2.79. The molecule has 0 aliphatic carbocycles. The highest BCUT2D eigenvalue weighted by Crippen LogP contribution is 2.22. The minimum absolute atomic E-state index is 0.0779. The molecule has 0 bridgehead atoms. The van der Waals surface area contributed by atoms with Crippen LogP contribution in [0.4, 0.5) is 5.69 Å². The highest BCUT2D eigenvalue weighted by molar-refractivity contribution is 7.92. The first-order chi connectivity index (χ1) is 10.1. The first kappa shape index (κ1) is 13.7. The molecule has 106 valence electrons. The van der Waals surface area contributed by atoms with E-state index in [1.54, 1.807) is 30.6 Å². The van der Waals surface area contributed by atoms with Crippen LogP contribution in [-0.4, -0.2) is 23.4 Å². The average Bonchev–Trinajstić information content (AvgIpc) is 2.47. The lowest BCUT2D eigenvalue weighted by Crippen LogP contribution is -2.13. The largest absolute Gasteiger partial charge is 0.279 e. The van der Waals surface area contributed by atoms with Crippen molar-refractivity contribution in [2.75, 3.05) is 4.72 Å². The van der Waals surface area contributed by atoms with Crippen LogP contribution in [0.1, 0.15) is 0 Å². The summed E-state index contributed by atoms with van der Waals surface area (Å²) < 4.78 is 27.0. The second kappa shape index (κ2) is 5.27. The maximum atomic E-state index is 12.3. The third-order valence-electron chi connectivity index (χ3n) is 2.74. The summed E-state index contributed by atoms with van der Waals surface area (Å²) in [6.07, 6.45) is 4.53. The Bertz CT molecular complexity index is 915. The quantitative estimate of drug-likeness (QED) is 0.749. The van der Waals surface area contributed by atoms with Gasteiger partial charge in [-0.1, -0.05) is 11.6 Å². The number of rotatable bonds is 3. The monoisotopic (exact) mass is 320 g/mol. The Balaban J connectivity index is 1.99. The van der Waals surface area contributed by atoms with Gasteiger partial charge < -0.3 is 0 Å².